The van der Waals surface area contributed by atoms with Crippen molar-refractivity contribution < 1.29 is 24.3 Å². The number of aliphatic hydroxyl groups is 1. The Balaban J connectivity index is 4.60. The van der Waals surface area contributed by atoms with Crippen molar-refractivity contribution >= 4 is 11.8 Å². The van der Waals surface area contributed by atoms with Gasteiger partial charge in [0, 0.05) is 12.8 Å². The Morgan fingerprint density at radius 2 is 1.76 bits per heavy atom. The Bertz CT molecular complexity index is 283. The van der Waals surface area contributed by atoms with Crippen LogP contribution in [0.4, 0.5) is 0 Å². The van der Waals surface area contributed by atoms with Crippen molar-refractivity contribution in [3.8, 4) is 0 Å². The fraction of sp³-hybridized carbons (Fsp3) is 0.833. The number of carboxylic acids is 1. The first-order chi connectivity index (χ1) is 7.58. The van der Waals surface area contributed by atoms with Crippen LogP contribution in [0.2, 0.25) is 0 Å². The molecule has 0 aliphatic carbocycles. The number of Topliss-reactive ketones (excluding diaryl/α,β-unsaturated/α-hetero) is 1. The van der Waals surface area contributed by atoms with E-state index in [1.54, 1.807) is 6.92 Å². The van der Waals surface area contributed by atoms with Crippen molar-refractivity contribution in [2.24, 2.45) is 0 Å². The van der Waals surface area contributed by atoms with Crippen LogP contribution < -0.4 is 0 Å². The molecule has 0 bridgehead atoms. The molecular formula is C12H24NO4+. The lowest BCUT2D eigenvalue weighted by Gasteiger charge is -2.34. The Labute approximate surface area is 103 Å². The minimum Gasteiger partial charge on any atom is -0.481 e. The van der Waals surface area contributed by atoms with Crippen LogP contribution in [0.5, 0.6) is 0 Å². The number of carbonyl (C=O) groups excluding carboxylic acids is 1. The molecule has 0 saturated heterocycles. The highest BCUT2D eigenvalue weighted by atomic mass is 16.4. The van der Waals surface area contributed by atoms with Gasteiger partial charge in [-0.15, -0.1) is 0 Å². The molecule has 5 heteroatoms. The summed E-state index contributed by atoms with van der Waals surface area (Å²) >= 11 is 0. The topological polar surface area (TPSA) is 74.6 Å². The standard InChI is InChI=1S/C12H23NO4/c1-5-10(14)6-7-12(17,8-11(15)16)9-13(2,3)4/h17H,5-9H2,1-4H3/p+1/t12-/m1/s1. The lowest BCUT2D eigenvalue weighted by Crippen LogP contribution is -2.50. The van der Waals surface area contributed by atoms with Gasteiger partial charge in [-0.25, -0.2) is 0 Å². The molecule has 0 aliphatic rings. The third kappa shape index (κ3) is 7.88. The third-order valence-electron chi connectivity index (χ3n) is 2.51. The monoisotopic (exact) mass is 246 g/mol. The van der Waals surface area contributed by atoms with Crippen LogP contribution in [0.3, 0.4) is 0 Å². The van der Waals surface area contributed by atoms with E-state index in [4.69, 9.17) is 5.11 Å². The maximum absolute atomic E-state index is 11.2. The number of hydrogen-bond donors (Lipinski definition) is 2. The number of carbonyl (C=O) groups is 2. The number of carboxylic acid groups (broad SMARTS) is 1. The van der Waals surface area contributed by atoms with Crippen LogP contribution in [0.1, 0.15) is 32.6 Å². The smallest absolute Gasteiger partial charge is 0.306 e. The summed E-state index contributed by atoms with van der Waals surface area (Å²) in [5.74, 6) is -0.986. The van der Waals surface area contributed by atoms with E-state index in [0.717, 1.165) is 0 Å². The van der Waals surface area contributed by atoms with Crippen LogP contribution in [-0.2, 0) is 9.59 Å². The summed E-state index contributed by atoms with van der Waals surface area (Å²) in [6.07, 6.45) is 0.550. The zero-order chi connectivity index (χ0) is 13.7. The third-order valence-corrected chi connectivity index (χ3v) is 2.51. The van der Waals surface area contributed by atoms with Crippen molar-refractivity contribution in [3.05, 3.63) is 0 Å². The minimum atomic E-state index is -1.31. The van der Waals surface area contributed by atoms with Crippen molar-refractivity contribution in [2.45, 2.75) is 38.2 Å². The lowest BCUT2D eigenvalue weighted by atomic mass is 9.91. The Morgan fingerprint density at radius 1 is 1.24 bits per heavy atom. The largest absolute Gasteiger partial charge is 0.481 e. The first-order valence-corrected chi connectivity index (χ1v) is 5.84. The summed E-state index contributed by atoms with van der Waals surface area (Å²) in [5, 5.41) is 19.1. The molecule has 0 amide bonds. The first-order valence-electron chi connectivity index (χ1n) is 5.84. The van der Waals surface area contributed by atoms with Crippen molar-refractivity contribution in [1.82, 2.24) is 0 Å². The number of likely N-dealkylation sites (N-methyl/N-ethyl adjacent to an activating group) is 1. The Kier molecular flexibility index (Phi) is 5.78. The summed E-state index contributed by atoms with van der Waals surface area (Å²) < 4.78 is 0.462. The second-order valence-electron chi connectivity index (χ2n) is 5.64. The van der Waals surface area contributed by atoms with Gasteiger partial charge in [-0.1, -0.05) is 6.92 Å². The van der Waals surface area contributed by atoms with E-state index < -0.39 is 11.6 Å². The van der Waals surface area contributed by atoms with Crippen LogP contribution in [0, 0.1) is 0 Å². The highest BCUT2D eigenvalue weighted by Crippen LogP contribution is 2.21. The summed E-state index contributed by atoms with van der Waals surface area (Å²) in [6.45, 7) is 2.08. The predicted octanol–water partition coefficient (Wildman–Crippen LogP) is 0.658. The molecule has 0 radical (unpaired) electrons. The number of nitrogens with zero attached hydrogens (tertiary/aromatic N) is 1. The minimum absolute atomic E-state index is 0.0511. The number of quaternary nitrogens is 1. The maximum atomic E-state index is 11.2. The van der Waals surface area contributed by atoms with E-state index in [1.165, 1.54) is 0 Å². The van der Waals surface area contributed by atoms with Gasteiger partial charge in [0.25, 0.3) is 0 Å². The van der Waals surface area contributed by atoms with Gasteiger partial charge in [0.1, 0.15) is 17.9 Å². The Morgan fingerprint density at radius 3 is 2.12 bits per heavy atom. The molecule has 0 fully saturated rings. The van der Waals surface area contributed by atoms with Gasteiger partial charge in [-0.3, -0.25) is 9.59 Å². The van der Waals surface area contributed by atoms with Crippen LogP contribution in [0.25, 0.3) is 0 Å². The Hall–Kier alpha value is -0.940. The second kappa shape index (κ2) is 6.12. The molecule has 0 aromatic carbocycles. The molecule has 0 spiro atoms. The van der Waals surface area contributed by atoms with E-state index in [0.29, 0.717) is 17.4 Å². The predicted molar refractivity (Wildman–Crippen MR) is 64.6 cm³/mol. The molecule has 0 saturated carbocycles. The van der Waals surface area contributed by atoms with Gasteiger partial charge >= 0.3 is 5.97 Å². The van der Waals surface area contributed by atoms with E-state index in [1.807, 2.05) is 21.1 Å². The van der Waals surface area contributed by atoms with Gasteiger partial charge in [-0.05, 0) is 6.42 Å². The zero-order valence-electron chi connectivity index (χ0n) is 11.2. The molecular weight excluding hydrogens is 222 g/mol. The SMILES string of the molecule is CCC(=O)CC[C@@](O)(CC(=O)O)C[N+](C)(C)C. The second-order valence-corrected chi connectivity index (χ2v) is 5.64. The molecule has 5 nitrogen and oxygen atoms in total. The number of ketones is 1. The van der Waals surface area contributed by atoms with Crippen molar-refractivity contribution in [3.63, 3.8) is 0 Å². The molecule has 0 aliphatic heterocycles. The fourth-order valence-corrected chi connectivity index (χ4v) is 1.94. The average molecular weight is 246 g/mol. The normalized spacial score (nSPS) is 15.4. The van der Waals surface area contributed by atoms with Gasteiger partial charge in [0.05, 0.1) is 27.6 Å². The average Bonchev–Trinajstić information content (AvgIpc) is 2.09. The van der Waals surface area contributed by atoms with Crippen LogP contribution >= 0.6 is 0 Å². The quantitative estimate of drug-likeness (QED) is 0.617. The molecule has 0 unspecified atom stereocenters. The highest BCUT2D eigenvalue weighted by Gasteiger charge is 2.36. The maximum Gasteiger partial charge on any atom is 0.306 e. The lowest BCUT2D eigenvalue weighted by molar-refractivity contribution is -0.877. The van der Waals surface area contributed by atoms with E-state index in [-0.39, 0.29) is 25.0 Å². The number of rotatable bonds is 8. The zero-order valence-corrected chi connectivity index (χ0v) is 11.2. The fourth-order valence-electron chi connectivity index (χ4n) is 1.94. The van der Waals surface area contributed by atoms with E-state index in [2.05, 4.69) is 0 Å². The van der Waals surface area contributed by atoms with Crippen LogP contribution in [0.15, 0.2) is 0 Å². The molecule has 0 aromatic rings. The van der Waals surface area contributed by atoms with Crippen LogP contribution in [-0.4, -0.2) is 59.7 Å². The van der Waals surface area contributed by atoms with E-state index >= 15 is 0 Å². The molecule has 0 heterocycles. The molecule has 2 N–H and O–H groups in total. The summed E-state index contributed by atoms with van der Waals surface area (Å²) in [7, 11) is 5.65. The summed E-state index contributed by atoms with van der Waals surface area (Å²) in [5.41, 5.74) is -1.31. The molecule has 0 rings (SSSR count). The molecule has 17 heavy (non-hydrogen) atoms. The summed E-state index contributed by atoms with van der Waals surface area (Å²) in [4.78, 5) is 22.0. The first kappa shape index (κ1) is 16.1. The molecule has 1 atom stereocenters. The highest BCUT2D eigenvalue weighted by molar-refractivity contribution is 5.78. The molecule has 0 aromatic heterocycles. The number of aliphatic carboxylic acids is 1. The summed E-state index contributed by atoms with van der Waals surface area (Å²) in [6, 6.07) is 0. The van der Waals surface area contributed by atoms with E-state index in [9.17, 15) is 14.7 Å². The molecule has 100 valence electrons. The van der Waals surface area contributed by atoms with Gasteiger partial charge in [0.2, 0.25) is 0 Å². The van der Waals surface area contributed by atoms with Crippen molar-refractivity contribution in [1.29, 1.82) is 0 Å². The van der Waals surface area contributed by atoms with Gasteiger partial charge in [-0.2, -0.15) is 0 Å². The number of hydrogen-bond acceptors (Lipinski definition) is 3. The van der Waals surface area contributed by atoms with Gasteiger partial charge < -0.3 is 14.7 Å². The van der Waals surface area contributed by atoms with Gasteiger partial charge in [0.15, 0.2) is 0 Å². The van der Waals surface area contributed by atoms with Crippen molar-refractivity contribution in [2.75, 3.05) is 27.7 Å².